The standard InChI is InChI=1S/C26H35ClN8O4/c1-16-12-17(14-28-20(16)33-8-10-34(11-9-33)24(37)39-26(5,6)7)13-18-15-29-21-19(30-22(27)32-35(18)21)31-23(36)38-25(2,3)4/h12,14-15H,8-11,13H2,1-7H3,(H,30,31,32,36). The van der Waals surface area contributed by atoms with E-state index in [1.807, 2.05) is 33.9 Å². The number of carbonyl (C=O) groups is 2. The molecule has 0 bridgehead atoms. The summed E-state index contributed by atoms with van der Waals surface area (Å²) in [6.07, 6.45) is 3.03. The Balaban J connectivity index is 1.45. The van der Waals surface area contributed by atoms with Crippen LogP contribution in [0, 0.1) is 6.92 Å². The zero-order valence-corrected chi connectivity index (χ0v) is 24.2. The molecule has 1 saturated heterocycles. The number of aromatic nitrogens is 5. The van der Waals surface area contributed by atoms with Gasteiger partial charge in [0.2, 0.25) is 5.28 Å². The normalized spacial score (nSPS) is 14.5. The SMILES string of the molecule is Cc1cc(Cc2cnc3c(NC(=O)OC(C)(C)C)nc(Cl)nn23)cnc1N1CCN(C(=O)OC(C)(C)C)CC1. The van der Waals surface area contributed by atoms with E-state index in [2.05, 4.69) is 31.3 Å². The van der Waals surface area contributed by atoms with Gasteiger partial charge in [-0.3, -0.25) is 5.32 Å². The number of ether oxygens (including phenoxy) is 2. The van der Waals surface area contributed by atoms with Crippen molar-refractivity contribution >= 4 is 41.1 Å². The van der Waals surface area contributed by atoms with Crippen molar-refractivity contribution in [2.24, 2.45) is 0 Å². The highest BCUT2D eigenvalue weighted by molar-refractivity contribution is 6.28. The first-order valence-electron chi connectivity index (χ1n) is 12.8. The quantitative estimate of drug-likeness (QED) is 0.493. The number of anilines is 2. The molecule has 0 spiro atoms. The van der Waals surface area contributed by atoms with Gasteiger partial charge in [0, 0.05) is 38.8 Å². The summed E-state index contributed by atoms with van der Waals surface area (Å²) in [5.41, 5.74) is 1.90. The molecule has 210 valence electrons. The number of hydrogen-bond acceptors (Lipinski definition) is 9. The number of carbonyl (C=O) groups excluding carboxylic acids is 2. The lowest BCUT2D eigenvalue weighted by molar-refractivity contribution is 0.0240. The Morgan fingerprint density at radius 3 is 2.28 bits per heavy atom. The number of piperazine rings is 1. The van der Waals surface area contributed by atoms with Gasteiger partial charge in [0.05, 0.1) is 11.9 Å². The van der Waals surface area contributed by atoms with E-state index in [0.717, 1.165) is 22.6 Å². The maximum Gasteiger partial charge on any atom is 0.413 e. The number of aryl methyl sites for hydroxylation is 1. The molecule has 0 aliphatic carbocycles. The van der Waals surface area contributed by atoms with Crippen LogP contribution in [0.3, 0.4) is 0 Å². The van der Waals surface area contributed by atoms with E-state index >= 15 is 0 Å². The topological polar surface area (TPSA) is 127 Å². The first-order chi connectivity index (χ1) is 18.2. The van der Waals surface area contributed by atoms with Crippen molar-refractivity contribution < 1.29 is 19.1 Å². The monoisotopic (exact) mass is 558 g/mol. The van der Waals surface area contributed by atoms with Gasteiger partial charge in [-0.05, 0) is 71.2 Å². The minimum absolute atomic E-state index is 0.0389. The van der Waals surface area contributed by atoms with Gasteiger partial charge >= 0.3 is 12.2 Å². The van der Waals surface area contributed by atoms with E-state index < -0.39 is 17.3 Å². The summed E-state index contributed by atoms with van der Waals surface area (Å²) in [6, 6.07) is 2.07. The molecular weight excluding hydrogens is 524 g/mol. The number of hydrogen-bond donors (Lipinski definition) is 1. The highest BCUT2D eigenvalue weighted by atomic mass is 35.5. The van der Waals surface area contributed by atoms with Crippen LogP contribution in [0.1, 0.15) is 58.4 Å². The molecule has 2 amide bonds. The zero-order chi connectivity index (χ0) is 28.5. The fourth-order valence-corrected chi connectivity index (χ4v) is 4.36. The molecule has 0 aromatic carbocycles. The smallest absolute Gasteiger partial charge is 0.413 e. The Hall–Kier alpha value is -3.67. The van der Waals surface area contributed by atoms with E-state index in [0.29, 0.717) is 38.2 Å². The van der Waals surface area contributed by atoms with Crippen LogP contribution < -0.4 is 10.2 Å². The fraction of sp³-hybridized carbons (Fsp3) is 0.538. The van der Waals surface area contributed by atoms with Crippen LogP contribution in [0.4, 0.5) is 21.2 Å². The second-order valence-corrected chi connectivity index (χ2v) is 11.8. The lowest BCUT2D eigenvalue weighted by Gasteiger charge is -2.36. The minimum Gasteiger partial charge on any atom is -0.444 e. The van der Waals surface area contributed by atoms with Crippen molar-refractivity contribution in [2.45, 2.75) is 66.1 Å². The molecule has 3 aromatic rings. The van der Waals surface area contributed by atoms with E-state index in [4.69, 9.17) is 26.1 Å². The number of halogens is 1. The van der Waals surface area contributed by atoms with E-state index in [9.17, 15) is 9.59 Å². The Labute approximate surface area is 232 Å². The zero-order valence-electron chi connectivity index (χ0n) is 23.4. The molecule has 1 aliphatic heterocycles. The van der Waals surface area contributed by atoms with E-state index in [1.165, 1.54) is 0 Å². The van der Waals surface area contributed by atoms with Crippen molar-refractivity contribution in [2.75, 3.05) is 36.4 Å². The van der Waals surface area contributed by atoms with Crippen LogP contribution in [-0.4, -0.2) is 79.0 Å². The molecule has 1 fully saturated rings. The molecule has 0 saturated carbocycles. The maximum absolute atomic E-state index is 12.4. The highest BCUT2D eigenvalue weighted by Crippen LogP contribution is 2.23. The number of imidazole rings is 1. The van der Waals surface area contributed by atoms with Crippen molar-refractivity contribution in [3.8, 4) is 0 Å². The summed E-state index contributed by atoms with van der Waals surface area (Å²) in [4.78, 5) is 41.8. The van der Waals surface area contributed by atoms with Gasteiger partial charge in [-0.15, -0.1) is 5.10 Å². The molecule has 1 aliphatic rings. The second-order valence-electron chi connectivity index (χ2n) is 11.5. The third kappa shape index (κ3) is 7.25. The van der Waals surface area contributed by atoms with E-state index in [1.54, 1.807) is 36.4 Å². The molecule has 12 nitrogen and oxygen atoms in total. The molecule has 1 N–H and O–H groups in total. The van der Waals surface area contributed by atoms with Gasteiger partial charge in [-0.2, -0.15) is 4.98 Å². The van der Waals surface area contributed by atoms with Crippen molar-refractivity contribution in [3.63, 3.8) is 0 Å². The fourth-order valence-electron chi connectivity index (χ4n) is 4.20. The lowest BCUT2D eigenvalue weighted by Crippen LogP contribution is -2.50. The summed E-state index contributed by atoms with van der Waals surface area (Å²) < 4.78 is 12.4. The van der Waals surface area contributed by atoms with Crippen LogP contribution in [0.15, 0.2) is 18.5 Å². The third-order valence-electron chi connectivity index (χ3n) is 5.75. The average Bonchev–Trinajstić information content (AvgIpc) is 3.19. The number of nitrogens with one attached hydrogen (secondary N) is 1. The minimum atomic E-state index is -0.666. The Kier molecular flexibility index (Phi) is 7.87. The van der Waals surface area contributed by atoms with Gasteiger partial charge in [0.15, 0.2) is 11.5 Å². The van der Waals surface area contributed by atoms with Crippen LogP contribution in [0.5, 0.6) is 0 Å². The van der Waals surface area contributed by atoms with Crippen LogP contribution in [-0.2, 0) is 15.9 Å². The largest absolute Gasteiger partial charge is 0.444 e. The summed E-state index contributed by atoms with van der Waals surface area (Å²) in [6.45, 7) is 15.4. The Morgan fingerprint density at radius 1 is 1.00 bits per heavy atom. The summed E-state index contributed by atoms with van der Waals surface area (Å²) in [5.74, 6) is 1.04. The van der Waals surface area contributed by atoms with Gasteiger partial charge in [0.25, 0.3) is 0 Å². The molecule has 39 heavy (non-hydrogen) atoms. The maximum atomic E-state index is 12.4. The van der Waals surface area contributed by atoms with Gasteiger partial charge < -0.3 is 19.3 Å². The van der Waals surface area contributed by atoms with Crippen molar-refractivity contribution in [1.29, 1.82) is 0 Å². The predicted octanol–water partition coefficient (Wildman–Crippen LogP) is 4.48. The molecule has 3 aromatic heterocycles. The lowest BCUT2D eigenvalue weighted by atomic mass is 10.1. The first kappa shape index (κ1) is 28.3. The Bertz CT molecular complexity index is 1370. The first-order valence-corrected chi connectivity index (χ1v) is 13.1. The molecule has 0 unspecified atom stereocenters. The second kappa shape index (κ2) is 10.8. The molecule has 13 heteroatoms. The van der Waals surface area contributed by atoms with Gasteiger partial charge in [-0.1, -0.05) is 6.07 Å². The molecule has 0 radical (unpaired) electrons. The van der Waals surface area contributed by atoms with Gasteiger partial charge in [-0.25, -0.2) is 24.1 Å². The molecule has 4 rings (SSSR count). The summed E-state index contributed by atoms with van der Waals surface area (Å²) >= 11 is 6.15. The average molecular weight is 559 g/mol. The molecular formula is C26H35ClN8O4. The third-order valence-corrected chi connectivity index (χ3v) is 5.91. The summed E-state index contributed by atoms with van der Waals surface area (Å²) in [5, 5.41) is 6.84. The predicted molar refractivity (Wildman–Crippen MR) is 147 cm³/mol. The van der Waals surface area contributed by atoms with Crippen LogP contribution >= 0.6 is 11.6 Å². The van der Waals surface area contributed by atoms with Crippen molar-refractivity contribution in [3.05, 3.63) is 40.6 Å². The van der Waals surface area contributed by atoms with Crippen molar-refractivity contribution in [1.82, 2.24) is 29.5 Å². The molecule has 4 heterocycles. The van der Waals surface area contributed by atoms with Gasteiger partial charge in [0.1, 0.15) is 17.0 Å². The number of pyridine rings is 1. The number of amides is 2. The number of fused-ring (bicyclic) bond motifs is 1. The van der Waals surface area contributed by atoms with E-state index in [-0.39, 0.29) is 17.2 Å². The van der Waals surface area contributed by atoms with Crippen LogP contribution in [0.25, 0.3) is 5.65 Å². The van der Waals surface area contributed by atoms with Crippen LogP contribution in [0.2, 0.25) is 5.28 Å². The summed E-state index contributed by atoms with van der Waals surface area (Å²) in [7, 11) is 0. The molecule has 0 atom stereocenters. The Morgan fingerprint density at radius 2 is 1.67 bits per heavy atom. The number of nitrogens with zero attached hydrogens (tertiary/aromatic N) is 7. The highest BCUT2D eigenvalue weighted by Gasteiger charge is 2.27. The number of rotatable bonds is 4.